The van der Waals surface area contributed by atoms with Crippen LogP contribution in [0.3, 0.4) is 0 Å². The van der Waals surface area contributed by atoms with Crippen molar-refractivity contribution in [3.8, 4) is 0 Å². The largest absolute Gasteiger partial charge is 0.0984 e. The lowest BCUT2D eigenvalue weighted by Gasteiger charge is -2.08. The van der Waals surface area contributed by atoms with E-state index in [9.17, 15) is 0 Å². The molecule has 0 aliphatic heterocycles. The Morgan fingerprint density at radius 2 is 1.73 bits per heavy atom. The minimum absolute atomic E-state index is 1.14. The molecule has 0 amide bonds. The maximum Gasteiger partial charge on any atom is -0.0103 e. The fraction of sp³-hybridized carbons (Fsp3) is 0.0667. The lowest BCUT2D eigenvalue weighted by Crippen LogP contribution is -1.85. The molecule has 0 radical (unpaired) electrons. The Balaban J connectivity index is 2.94. The monoisotopic (exact) mass is 194 g/mol. The van der Waals surface area contributed by atoms with Crippen molar-refractivity contribution in [1.82, 2.24) is 0 Å². The van der Waals surface area contributed by atoms with E-state index in [2.05, 4.69) is 50.4 Å². The van der Waals surface area contributed by atoms with Crippen molar-refractivity contribution in [3.05, 3.63) is 60.2 Å². The van der Waals surface area contributed by atoms with Crippen LogP contribution in [0.2, 0.25) is 0 Å². The van der Waals surface area contributed by atoms with Gasteiger partial charge in [0.2, 0.25) is 0 Å². The second-order valence-electron chi connectivity index (χ2n) is 3.65. The van der Waals surface area contributed by atoms with E-state index in [0.29, 0.717) is 0 Å². The lowest BCUT2D eigenvalue weighted by atomic mass is 9.96. The third-order valence-corrected chi connectivity index (χ3v) is 2.78. The van der Waals surface area contributed by atoms with Crippen molar-refractivity contribution in [1.29, 1.82) is 0 Å². The zero-order chi connectivity index (χ0) is 10.8. The molecule has 0 saturated heterocycles. The summed E-state index contributed by atoms with van der Waals surface area (Å²) >= 11 is 0. The highest BCUT2D eigenvalue weighted by atomic mass is 14.1. The predicted molar refractivity (Wildman–Crippen MR) is 68.9 cm³/mol. The van der Waals surface area contributed by atoms with Gasteiger partial charge >= 0.3 is 0 Å². The van der Waals surface area contributed by atoms with Crippen molar-refractivity contribution in [2.24, 2.45) is 0 Å². The van der Waals surface area contributed by atoms with E-state index in [1.807, 2.05) is 12.2 Å². The minimum Gasteiger partial charge on any atom is -0.0984 e. The summed E-state index contributed by atoms with van der Waals surface area (Å²) in [5.41, 5.74) is 3.61. The summed E-state index contributed by atoms with van der Waals surface area (Å²) in [4.78, 5) is 0. The molecular formula is C15H14. The molecule has 0 bridgehead atoms. The van der Waals surface area contributed by atoms with Crippen LogP contribution in [0, 0.1) is 6.92 Å². The fourth-order valence-electron chi connectivity index (χ4n) is 1.96. The van der Waals surface area contributed by atoms with Crippen LogP contribution < -0.4 is 0 Å². The third kappa shape index (κ3) is 1.48. The van der Waals surface area contributed by atoms with Crippen LogP contribution in [0.15, 0.2) is 43.5 Å². The van der Waals surface area contributed by atoms with Crippen LogP contribution >= 0.6 is 0 Å². The molecule has 0 spiro atoms. The Bertz CT molecular complexity index is 533. The second-order valence-corrected chi connectivity index (χ2v) is 3.65. The summed E-state index contributed by atoms with van der Waals surface area (Å²) in [6, 6.07) is 10.6. The number of benzene rings is 2. The molecule has 0 aliphatic rings. The fourth-order valence-corrected chi connectivity index (χ4v) is 1.96. The van der Waals surface area contributed by atoms with Crippen LogP contribution in [0.5, 0.6) is 0 Å². The second kappa shape index (κ2) is 3.74. The molecule has 0 atom stereocenters. The van der Waals surface area contributed by atoms with Gasteiger partial charge in [-0.2, -0.15) is 0 Å². The van der Waals surface area contributed by atoms with Crippen LogP contribution in [0.4, 0.5) is 0 Å². The standard InChI is InChI=1S/C15H14/c1-4-12-9-10-14-11(3)7-6-8-15(14)13(12)5-2/h4-10H,1-2H2,3H3. The Kier molecular flexibility index (Phi) is 2.42. The summed E-state index contributed by atoms with van der Waals surface area (Å²) in [5, 5.41) is 2.54. The molecule has 0 heterocycles. The SMILES string of the molecule is C=Cc1ccc2c(C)cccc2c1C=C. The van der Waals surface area contributed by atoms with E-state index in [-0.39, 0.29) is 0 Å². The van der Waals surface area contributed by atoms with E-state index in [4.69, 9.17) is 0 Å². The highest BCUT2D eigenvalue weighted by Crippen LogP contribution is 2.26. The van der Waals surface area contributed by atoms with Gasteiger partial charge in [0.25, 0.3) is 0 Å². The van der Waals surface area contributed by atoms with E-state index in [1.165, 1.54) is 21.9 Å². The van der Waals surface area contributed by atoms with E-state index in [1.54, 1.807) is 0 Å². The molecule has 2 aromatic rings. The normalized spacial score (nSPS) is 10.2. The molecular weight excluding hydrogens is 180 g/mol. The highest BCUT2D eigenvalue weighted by Gasteiger charge is 2.03. The third-order valence-electron chi connectivity index (χ3n) is 2.78. The van der Waals surface area contributed by atoms with Crippen LogP contribution in [0.1, 0.15) is 16.7 Å². The van der Waals surface area contributed by atoms with Crippen molar-refractivity contribution in [2.45, 2.75) is 6.92 Å². The van der Waals surface area contributed by atoms with E-state index < -0.39 is 0 Å². The molecule has 0 saturated carbocycles. The molecule has 2 rings (SSSR count). The summed E-state index contributed by atoms with van der Waals surface area (Å²) in [6.45, 7) is 9.82. The zero-order valence-corrected chi connectivity index (χ0v) is 8.96. The molecule has 0 aromatic heterocycles. The molecule has 15 heavy (non-hydrogen) atoms. The average Bonchev–Trinajstić information content (AvgIpc) is 2.28. The first kappa shape index (κ1) is 9.72. The van der Waals surface area contributed by atoms with Gasteiger partial charge < -0.3 is 0 Å². The van der Waals surface area contributed by atoms with E-state index >= 15 is 0 Å². The first-order chi connectivity index (χ1) is 7.27. The maximum atomic E-state index is 3.87. The molecule has 0 N–H and O–H groups in total. The number of hydrogen-bond donors (Lipinski definition) is 0. The van der Waals surface area contributed by atoms with Gasteiger partial charge in [-0.05, 0) is 34.4 Å². The summed E-state index contributed by atoms with van der Waals surface area (Å²) in [7, 11) is 0. The Morgan fingerprint density at radius 3 is 2.40 bits per heavy atom. The number of hydrogen-bond acceptors (Lipinski definition) is 0. The Labute approximate surface area is 90.6 Å². The van der Waals surface area contributed by atoms with Crippen molar-refractivity contribution >= 4 is 22.9 Å². The van der Waals surface area contributed by atoms with Crippen LogP contribution in [0.25, 0.3) is 22.9 Å². The van der Waals surface area contributed by atoms with Crippen molar-refractivity contribution in [3.63, 3.8) is 0 Å². The average molecular weight is 194 g/mol. The molecule has 0 fully saturated rings. The first-order valence-corrected chi connectivity index (χ1v) is 5.05. The Morgan fingerprint density at radius 1 is 0.933 bits per heavy atom. The van der Waals surface area contributed by atoms with Gasteiger partial charge in [0, 0.05) is 0 Å². The van der Waals surface area contributed by atoms with Crippen LogP contribution in [-0.2, 0) is 0 Å². The summed E-state index contributed by atoms with van der Waals surface area (Å²) < 4.78 is 0. The predicted octanol–water partition coefficient (Wildman–Crippen LogP) is 4.43. The molecule has 0 aliphatic carbocycles. The summed E-state index contributed by atoms with van der Waals surface area (Å²) in [6.07, 6.45) is 3.78. The molecule has 74 valence electrons. The van der Waals surface area contributed by atoms with E-state index in [0.717, 1.165) is 5.56 Å². The van der Waals surface area contributed by atoms with Gasteiger partial charge in [-0.15, -0.1) is 0 Å². The first-order valence-electron chi connectivity index (χ1n) is 5.05. The lowest BCUT2D eigenvalue weighted by molar-refractivity contribution is 1.52. The van der Waals surface area contributed by atoms with Gasteiger partial charge in [-0.25, -0.2) is 0 Å². The van der Waals surface area contributed by atoms with Gasteiger partial charge in [0.05, 0.1) is 0 Å². The van der Waals surface area contributed by atoms with Crippen molar-refractivity contribution in [2.75, 3.05) is 0 Å². The maximum absolute atomic E-state index is 3.87. The summed E-state index contributed by atoms with van der Waals surface area (Å²) in [5.74, 6) is 0. The molecule has 2 aromatic carbocycles. The number of fused-ring (bicyclic) bond motifs is 1. The smallest absolute Gasteiger partial charge is 0.0103 e. The van der Waals surface area contributed by atoms with Gasteiger partial charge in [0.1, 0.15) is 0 Å². The topological polar surface area (TPSA) is 0 Å². The zero-order valence-electron chi connectivity index (χ0n) is 8.96. The van der Waals surface area contributed by atoms with Crippen molar-refractivity contribution < 1.29 is 0 Å². The van der Waals surface area contributed by atoms with Crippen LogP contribution in [-0.4, -0.2) is 0 Å². The quantitative estimate of drug-likeness (QED) is 0.663. The molecule has 0 nitrogen and oxygen atoms in total. The minimum atomic E-state index is 1.14. The number of rotatable bonds is 2. The number of aryl methyl sites for hydroxylation is 1. The molecule has 0 heteroatoms. The van der Waals surface area contributed by atoms with Gasteiger partial charge in [0.15, 0.2) is 0 Å². The highest BCUT2D eigenvalue weighted by molar-refractivity contribution is 5.95. The molecule has 0 unspecified atom stereocenters. The Hall–Kier alpha value is -1.82. The van der Waals surface area contributed by atoms with Gasteiger partial charge in [-0.3, -0.25) is 0 Å². The van der Waals surface area contributed by atoms with Gasteiger partial charge in [-0.1, -0.05) is 55.6 Å².